The van der Waals surface area contributed by atoms with Crippen molar-refractivity contribution in [3.8, 4) is 0 Å². The second-order valence-electron chi connectivity index (χ2n) is 6.07. The lowest BCUT2D eigenvalue weighted by atomic mass is 9.95. The first-order chi connectivity index (χ1) is 7.94. The van der Waals surface area contributed by atoms with Gasteiger partial charge in [0.2, 0.25) is 0 Å². The van der Waals surface area contributed by atoms with E-state index in [1.807, 2.05) is 6.92 Å². The van der Waals surface area contributed by atoms with Crippen LogP contribution in [0.4, 0.5) is 0 Å². The van der Waals surface area contributed by atoms with Crippen LogP contribution in [-0.4, -0.2) is 47.8 Å². The van der Waals surface area contributed by atoms with E-state index in [0.29, 0.717) is 6.04 Å². The number of aliphatic hydroxyl groups is 1. The van der Waals surface area contributed by atoms with Crippen molar-refractivity contribution >= 4 is 0 Å². The van der Waals surface area contributed by atoms with Gasteiger partial charge in [-0.15, -0.1) is 0 Å². The smallest absolute Gasteiger partial charge is 0.0743 e. The molecule has 0 radical (unpaired) electrons. The summed E-state index contributed by atoms with van der Waals surface area (Å²) in [5.41, 5.74) is -0.544. The predicted octanol–water partition coefficient (Wildman–Crippen LogP) is 1.86. The molecule has 0 aromatic rings. The standard InChI is InChI=1S/C14H30N2O/c1-5-14(4,17)11-16(12(2)3)10-13-6-8-15-9-7-13/h12-13,15,17H,5-11H2,1-4H3. The van der Waals surface area contributed by atoms with E-state index in [0.717, 1.165) is 38.5 Å². The highest BCUT2D eigenvalue weighted by Gasteiger charge is 2.26. The predicted molar refractivity (Wildman–Crippen MR) is 73.2 cm³/mol. The van der Waals surface area contributed by atoms with Crippen LogP contribution in [0.25, 0.3) is 0 Å². The topological polar surface area (TPSA) is 35.5 Å². The zero-order valence-corrected chi connectivity index (χ0v) is 12.0. The van der Waals surface area contributed by atoms with E-state index < -0.39 is 5.60 Å². The Hall–Kier alpha value is -0.120. The van der Waals surface area contributed by atoms with E-state index in [1.54, 1.807) is 0 Å². The van der Waals surface area contributed by atoms with Gasteiger partial charge in [-0.1, -0.05) is 6.92 Å². The Balaban J connectivity index is 2.47. The summed E-state index contributed by atoms with van der Waals surface area (Å²) in [5.74, 6) is 0.798. The van der Waals surface area contributed by atoms with Crippen molar-refractivity contribution in [3.63, 3.8) is 0 Å². The van der Waals surface area contributed by atoms with Gasteiger partial charge >= 0.3 is 0 Å². The summed E-state index contributed by atoms with van der Waals surface area (Å²) in [6.07, 6.45) is 3.37. The maximum Gasteiger partial charge on any atom is 0.0743 e. The SMILES string of the molecule is CCC(C)(O)CN(CC1CCNCC1)C(C)C. The Bertz CT molecular complexity index is 210. The Morgan fingerprint density at radius 3 is 2.41 bits per heavy atom. The molecule has 102 valence electrons. The van der Waals surface area contributed by atoms with Crippen LogP contribution in [0.5, 0.6) is 0 Å². The molecule has 1 aliphatic heterocycles. The highest BCUT2D eigenvalue weighted by atomic mass is 16.3. The summed E-state index contributed by atoms with van der Waals surface area (Å²) in [6, 6.07) is 0.517. The van der Waals surface area contributed by atoms with Crippen molar-refractivity contribution in [2.24, 2.45) is 5.92 Å². The van der Waals surface area contributed by atoms with Crippen LogP contribution in [0.1, 0.15) is 47.0 Å². The number of nitrogens with one attached hydrogen (secondary N) is 1. The van der Waals surface area contributed by atoms with E-state index in [1.165, 1.54) is 12.8 Å². The number of hydrogen-bond donors (Lipinski definition) is 2. The lowest BCUT2D eigenvalue weighted by Crippen LogP contribution is -2.47. The number of hydrogen-bond acceptors (Lipinski definition) is 3. The fourth-order valence-electron chi connectivity index (χ4n) is 2.40. The van der Waals surface area contributed by atoms with E-state index in [4.69, 9.17) is 0 Å². The Morgan fingerprint density at radius 1 is 1.35 bits per heavy atom. The van der Waals surface area contributed by atoms with Crippen LogP contribution < -0.4 is 5.32 Å². The summed E-state index contributed by atoms with van der Waals surface area (Å²) < 4.78 is 0. The first-order valence-electron chi connectivity index (χ1n) is 7.12. The Labute approximate surface area is 107 Å². The monoisotopic (exact) mass is 242 g/mol. The fourth-order valence-corrected chi connectivity index (χ4v) is 2.40. The molecule has 0 aromatic carbocycles. The molecule has 0 bridgehead atoms. The highest BCUT2D eigenvalue weighted by Crippen LogP contribution is 2.18. The van der Waals surface area contributed by atoms with Crippen LogP contribution >= 0.6 is 0 Å². The summed E-state index contributed by atoms with van der Waals surface area (Å²) in [6.45, 7) is 12.7. The number of nitrogens with zero attached hydrogens (tertiary/aromatic N) is 1. The van der Waals surface area contributed by atoms with Crippen molar-refractivity contribution in [2.75, 3.05) is 26.2 Å². The normalized spacial score (nSPS) is 22.1. The number of rotatable bonds is 6. The van der Waals surface area contributed by atoms with Gasteiger partial charge < -0.3 is 10.4 Å². The van der Waals surface area contributed by atoms with Crippen molar-refractivity contribution in [3.05, 3.63) is 0 Å². The molecule has 1 saturated heterocycles. The molecule has 1 fully saturated rings. The molecule has 1 aliphatic rings. The average Bonchev–Trinajstić information content (AvgIpc) is 2.29. The zero-order chi connectivity index (χ0) is 12.9. The molecule has 3 nitrogen and oxygen atoms in total. The fraction of sp³-hybridized carbons (Fsp3) is 1.00. The van der Waals surface area contributed by atoms with Crippen LogP contribution in [0.2, 0.25) is 0 Å². The minimum atomic E-state index is -0.544. The van der Waals surface area contributed by atoms with Gasteiger partial charge in [0.05, 0.1) is 5.60 Å². The van der Waals surface area contributed by atoms with Gasteiger partial charge in [-0.2, -0.15) is 0 Å². The van der Waals surface area contributed by atoms with Gasteiger partial charge in [0.1, 0.15) is 0 Å². The molecule has 3 heteroatoms. The maximum absolute atomic E-state index is 10.2. The minimum absolute atomic E-state index is 0.517. The second-order valence-corrected chi connectivity index (χ2v) is 6.07. The summed E-state index contributed by atoms with van der Waals surface area (Å²) in [4.78, 5) is 2.44. The summed E-state index contributed by atoms with van der Waals surface area (Å²) in [5, 5.41) is 13.6. The molecular formula is C14H30N2O. The van der Waals surface area contributed by atoms with Gasteiger partial charge in [0.15, 0.2) is 0 Å². The third kappa shape index (κ3) is 5.36. The van der Waals surface area contributed by atoms with Gasteiger partial charge in [-0.3, -0.25) is 4.90 Å². The van der Waals surface area contributed by atoms with Gasteiger partial charge in [0, 0.05) is 19.1 Å². The van der Waals surface area contributed by atoms with Crippen molar-refractivity contribution < 1.29 is 5.11 Å². The molecule has 2 N–H and O–H groups in total. The number of piperidine rings is 1. The van der Waals surface area contributed by atoms with Crippen molar-refractivity contribution in [2.45, 2.75) is 58.6 Å². The van der Waals surface area contributed by atoms with E-state index in [2.05, 4.69) is 31.0 Å². The van der Waals surface area contributed by atoms with E-state index in [9.17, 15) is 5.11 Å². The van der Waals surface area contributed by atoms with Crippen LogP contribution in [0.3, 0.4) is 0 Å². The summed E-state index contributed by atoms with van der Waals surface area (Å²) >= 11 is 0. The first-order valence-corrected chi connectivity index (χ1v) is 7.12. The molecule has 1 heterocycles. The second kappa shape index (κ2) is 6.72. The largest absolute Gasteiger partial charge is 0.389 e. The molecule has 0 amide bonds. The van der Waals surface area contributed by atoms with Crippen molar-refractivity contribution in [1.29, 1.82) is 0 Å². The molecule has 1 rings (SSSR count). The first kappa shape index (κ1) is 14.9. The molecule has 17 heavy (non-hydrogen) atoms. The Morgan fingerprint density at radius 2 is 1.94 bits per heavy atom. The molecule has 1 atom stereocenters. The van der Waals surface area contributed by atoms with Gasteiger partial charge in [-0.05, 0) is 59.0 Å². The lowest BCUT2D eigenvalue weighted by Gasteiger charge is -2.37. The van der Waals surface area contributed by atoms with Gasteiger partial charge in [0.25, 0.3) is 0 Å². The van der Waals surface area contributed by atoms with Gasteiger partial charge in [-0.25, -0.2) is 0 Å². The lowest BCUT2D eigenvalue weighted by molar-refractivity contribution is 0.000701. The quantitative estimate of drug-likeness (QED) is 0.746. The Kier molecular flexibility index (Phi) is 5.90. The van der Waals surface area contributed by atoms with Crippen LogP contribution in [0.15, 0.2) is 0 Å². The minimum Gasteiger partial charge on any atom is -0.389 e. The van der Waals surface area contributed by atoms with E-state index in [-0.39, 0.29) is 0 Å². The third-order valence-electron chi connectivity index (χ3n) is 3.99. The maximum atomic E-state index is 10.2. The molecule has 1 unspecified atom stereocenters. The third-order valence-corrected chi connectivity index (χ3v) is 3.99. The van der Waals surface area contributed by atoms with Crippen LogP contribution in [0, 0.1) is 5.92 Å². The highest BCUT2D eigenvalue weighted by molar-refractivity contribution is 4.80. The van der Waals surface area contributed by atoms with Crippen LogP contribution in [-0.2, 0) is 0 Å². The molecule has 0 saturated carbocycles. The molecule has 0 aromatic heterocycles. The van der Waals surface area contributed by atoms with Crippen molar-refractivity contribution in [1.82, 2.24) is 10.2 Å². The zero-order valence-electron chi connectivity index (χ0n) is 12.0. The molecular weight excluding hydrogens is 212 g/mol. The molecule has 0 aliphatic carbocycles. The molecule has 0 spiro atoms. The summed E-state index contributed by atoms with van der Waals surface area (Å²) in [7, 11) is 0. The van der Waals surface area contributed by atoms with E-state index >= 15 is 0 Å². The average molecular weight is 242 g/mol.